The molecule has 0 saturated carbocycles. The smallest absolute Gasteiger partial charge is 0.275 e. The van der Waals surface area contributed by atoms with Crippen molar-refractivity contribution < 1.29 is 9.53 Å². The number of carbonyl (C=O) groups is 1. The molecule has 118 valence electrons. The van der Waals surface area contributed by atoms with Gasteiger partial charge in [0.15, 0.2) is 0 Å². The molecular weight excluding hydrogens is 322 g/mol. The van der Waals surface area contributed by atoms with Gasteiger partial charge in [0.2, 0.25) is 0 Å². The fraction of sp³-hybridized carbons (Fsp3) is 0.333. The molecule has 5 nitrogen and oxygen atoms in total. The summed E-state index contributed by atoms with van der Waals surface area (Å²) < 4.78 is 5.55. The van der Waals surface area contributed by atoms with E-state index in [1.807, 2.05) is 13.8 Å². The molecule has 1 heterocycles. The molecule has 0 unspecified atom stereocenters. The molecule has 3 N–H and O–H groups in total. The van der Waals surface area contributed by atoms with Gasteiger partial charge in [0.05, 0.1) is 16.1 Å². The maximum absolute atomic E-state index is 12.1. The summed E-state index contributed by atoms with van der Waals surface area (Å²) in [6.45, 7) is 4.36. The van der Waals surface area contributed by atoms with Gasteiger partial charge in [-0.1, -0.05) is 11.6 Å². The first-order valence-corrected chi connectivity index (χ1v) is 8.17. The summed E-state index contributed by atoms with van der Waals surface area (Å²) >= 11 is 7.57. The van der Waals surface area contributed by atoms with Crippen molar-refractivity contribution in [1.82, 2.24) is 4.98 Å². The number of aromatic nitrogens is 1. The highest BCUT2D eigenvalue weighted by atomic mass is 35.5. The quantitative estimate of drug-likeness (QED) is 0.846. The Bertz CT molecular complexity index is 658. The monoisotopic (exact) mass is 339 g/mol. The number of hydrogen-bond acceptors (Lipinski definition) is 5. The zero-order valence-corrected chi connectivity index (χ0v) is 14.0. The number of ether oxygens (including phenoxy) is 1. The number of rotatable bonds is 6. The Hall–Kier alpha value is -1.63. The van der Waals surface area contributed by atoms with Crippen LogP contribution in [0.5, 0.6) is 5.75 Å². The number of halogens is 1. The number of carbonyl (C=O) groups excluding carboxylic acids is 1. The summed E-state index contributed by atoms with van der Waals surface area (Å²) in [6, 6.07) is 5.14. The van der Waals surface area contributed by atoms with Gasteiger partial charge in [-0.2, -0.15) is 0 Å². The fourth-order valence-corrected chi connectivity index (χ4v) is 2.80. The van der Waals surface area contributed by atoms with Crippen molar-refractivity contribution in [3.05, 3.63) is 39.3 Å². The second-order valence-electron chi connectivity index (χ2n) is 4.93. The van der Waals surface area contributed by atoms with Crippen molar-refractivity contribution in [2.45, 2.75) is 26.4 Å². The fourth-order valence-electron chi connectivity index (χ4n) is 1.78. The minimum absolute atomic E-state index is 0.0360. The summed E-state index contributed by atoms with van der Waals surface area (Å²) in [5.74, 6) is 0.321. The molecule has 0 bridgehead atoms. The van der Waals surface area contributed by atoms with E-state index in [2.05, 4.69) is 10.3 Å². The summed E-state index contributed by atoms with van der Waals surface area (Å²) in [4.78, 5) is 16.4. The van der Waals surface area contributed by atoms with Crippen LogP contribution in [0.4, 0.5) is 5.69 Å². The van der Waals surface area contributed by atoms with Gasteiger partial charge in [-0.3, -0.25) is 4.79 Å². The van der Waals surface area contributed by atoms with Gasteiger partial charge < -0.3 is 15.8 Å². The van der Waals surface area contributed by atoms with Crippen LogP contribution in [-0.2, 0) is 6.42 Å². The Morgan fingerprint density at radius 1 is 1.50 bits per heavy atom. The predicted molar refractivity (Wildman–Crippen MR) is 90.0 cm³/mol. The lowest BCUT2D eigenvalue weighted by molar-refractivity contribution is 0.102. The van der Waals surface area contributed by atoms with Gasteiger partial charge in [-0.25, -0.2) is 4.98 Å². The topological polar surface area (TPSA) is 77.2 Å². The molecule has 2 aromatic rings. The van der Waals surface area contributed by atoms with E-state index in [1.165, 1.54) is 11.3 Å². The molecule has 0 aliphatic carbocycles. The third-order valence-corrected chi connectivity index (χ3v) is 3.90. The van der Waals surface area contributed by atoms with Crippen molar-refractivity contribution in [1.29, 1.82) is 0 Å². The molecule has 0 aliphatic rings. The van der Waals surface area contributed by atoms with Crippen molar-refractivity contribution in [3.63, 3.8) is 0 Å². The summed E-state index contributed by atoms with van der Waals surface area (Å²) in [5.41, 5.74) is 6.45. The highest BCUT2D eigenvalue weighted by Gasteiger charge is 2.12. The largest absolute Gasteiger partial charge is 0.489 e. The van der Waals surface area contributed by atoms with E-state index >= 15 is 0 Å². The Labute approximate surface area is 138 Å². The summed E-state index contributed by atoms with van der Waals surface area (Å²) in [6.07, 6.45) is 0.708. The second kappa shape index (κ2) is 7.58. The molecular formula is C15H18ClN3O2S. The molecule has 0 spiro atoms. The minimum atomic E-state index is -0.270. The number of amides is 1. The SMILES string of the molecule is CC(C)Oc1ccc(NC(=O)c2csc(CCN)n2)cc1Cl. The lowest BCUT2D eigenvalue weighted by Crippen LogP contribution is -2.13. The van der Waals surface area contributed by atoms with Crippen LogP contribution in [0.2, 0.25) is 5.02 Å². The average molecular weight is 340 g/mol. The standard InChI is InChI=1S/C15H18ClN3O2S/c1-9(2)21-13-4-3-10(7-11(13)16)18-15(20)12-8-22-14(19-12)5-6-17/h3-4,7-9H,5-6,17H2,1-2H3,(H,18,20). The van der Waals surface area contributed by atoms with Crippen LogP contribution in [0, 0.1) is 0 Å². The van der Waals surface area contributed by atoms with Gasteiger partial charge in [-0.05, 0) is 38.6 Å². The Balaban J connectivity index is 2.06. The van der Waals surface area contributed by atoms with Gasteiger partial charge in [0, 0.05) is 17.5 Å². The van der Waals surface area contributed by atoms with Gasteiger partial charge in [0.1, 0.15) is 11.4 Å². The highest BCUT2D eigenvalue weighted by molar-refractivity contribution is 7.09. The molecule has 0 fully saturated rings. The molecule has 1 aromatic heterocycles. The van der Waals surface area contributed by atoms with Crippen molar-refractivity contribution in [2.75, 3.05) is 11.9 Å². The van der Waals surface area contributed by atoms with E-state index in [0.717, 1.165) is 5.01 Å². The molecule has 1 aromatic carbocycles. The Morgan fingerprint density at radius 3 is 2.91 bits per heavy atom. The number of hydrogen-bond donors (Lipinski definition) is 2. The van der Waals surface area contributed by atoms with E-state index < -0.39 is 0 Å². The predicted octanol–water partition coefficient (Wildman–Crippen LogP) is 3.34. The van der Waals surface area contributed by atoms with E-state index in [0.29, 0.717) is 35.1 Å². The van der Waals surface area contributed by atoms with Gasteiger partial charge in [-0.15, -0.1) is 11.3 Å². The highest BCUT2D eigenvalue weighted by Crippen LogP contribution is 2.28. The molecule has 0 radical (unpaired) electrons. The van der Waals surface area contributed by atoms with Crippen LogP contribution in [-0.4, -0.2) is 23.5 Å². The molecule has 0 aliphatic heterocycles. The lowest BCUT2D eigenvalue weighted by Gasteiger charge is -2.12. The van der Waals surface area contributed by atoms with E-state index in [1.54, 1.807) is 23.6 Å². The zero-order valence-electron chi connectivity index (χ0n) is 12.4. The zero-order chi connectivity index (χ0) is 16.1. The van der Waals surface area contributed by atoms with Crippen molar-refractivity contribution in [2.24, 2.45) is 5.73 Å². The molecule has 2 rings (SSSR count). The van der Waals surface area contributed by atoms with E-state index in [4.69, 9.17) is 22.1 Å². The molecule has 0 atom stereocenters. The molecule has 0 saturated heterocycles. The molecule has 1 amide bonds. The molecule has 22 heavy (non-hydrogen) atoms. The Morgan fingerprint density at radius 2 is 2.27 bits per heavy atom. The first-order chi connectivity index (χ1) is 10.5. The first-order valence-electron chi connectivity index (χ1n) is 6.91. The minimum Gasteiger partial charge on any atom is -0.489 e. The van der Waals surface area contributed by atoms with E-state index in [-0.39, 0.29) is 12.0 Å². The van der Waals surface area contributed by atoms with Crippen LogP contribution in [0.1, 0.15) is 29.3 Å². The summed E-state index contributed by atoms with van der Waals surface area (Å²) in [5, 5.41) is 5.79. The van der Waals surface area contributed by atoms with Gasteiger partial charge >= 0.3 is 0 Å². The van der Waals surface area contributed by atoms with Crippen LogP contribution < -0.4 is 15.8 Å². The lowest BCUT2D eigenvalue weighted by atomic mass is 10.3. The third kappa shape index (κ3) is 4.43. The first kappa shape index (κ1) is 16.7. The maximum atomic E-state index is 12.1. The third-order valence-electron chi connectivity index (χ3n) is 2.70. The molecule has 7 heteroatoms. The van der Waals surface area contributed by atoms with Crippen molar-refractivity contribution in [3.8, 4) is 5.75 Å². The summed E-state index contributed by atoms with van der Waals surface area (Å²) in [7, 11) is 0. The van der Waals surface area contributed by atoms with Crippen LogP contribution in [0.3, 0.4) is 0 Å². The number of nitrogens with two attached hydrogens (primary N) is 1. The average Bonchev–Trinajstić information content (AvgIpc) is 2.91. The van der Waals surface area contributed by atoms with Gasteiger partial charge in [0.25, 0.3) is 5.91 Å². The maximum Gasteiger partial charge on any atom is 0.275 e. The van der Waals surface area contributed by atoms with Crippen LogP contribution >= 0.6 is 22.9 Å². The number of thiazole rings is 1. The van der Waals surface area contributed by atoms with E-state index in [9.17, 15) is 4.79 Å². The van der Waals surface area contributed by atoms with Crippen molar-refractivity contribution >= 4 is 34.5 Å². The normalized spacial score (nSPS) is 10.8. The number of nitrogens with one attached hydrogen (secondary N) is 1. The number of nitrogens with zero attached hydrogens (tertiary/aromatic N) is 1. The number of anilines is 1. The van der Waals surface area contributed by atoms with Crippen LogP contribution in [0.15, 0.2) is 23.6 Å². The number of benzene rings is 1. The second-order valence-corrected chi connectivity index (χ2v) is 6.28. The van der Waals surface area contributed by atoms with Crippen LogP contribution in [0.25, 0.3) is 0 Å². The Kier molecular flexibility index (Phi) is 5.76.